The van der Waals surface area contributed by atoms with Crippen LogP contribution in [-0.2, 0) is 9.59 Å². The van der Waals surface area contributed by atoms with Crippen molar-refractivity contribution in [3.63, 3.8) is 0 Å². The Kier molecular flexibility index (Phi) is 5.51. The Hall–Kier alpha value is -1.76. The van der Waals surface area contributed by atoms with Crippen molar-refractivity contribution < 1.29 is 18.7 Å². The van der Waals surface area contributed by atoms with E-state index in [-0.39, 0.29) is 23.6 Å². The molecule has 0 N–H and O–H groups in total. The lowest BCUT2D eigenvalue weighted by Gasteiger charge is -2.32. The second-order valence-corrected chi connectivity index (χ2v) is 6.63. The summed E-state index contributed by atoms with van der Waals surface area (Å²) in [5.41, 5.74) is 0.462. The zero-order chi connectivity index (χ0) is 17.1. The maximum Gasteiger partial charge on any atom is 0.250 e. The molecule has 1 aliphatic heterocycles. The molecule has 0 bridgehead atoms. The van der Waals surface area contributed by atoms with Crippen molar-refractivity contribution in [2.75, 3.05) is 23.6 Å². The Balaban J connectivity index is 2.33. The van der Waals surface area contributed by atoms with Crippen molar-refractivity contribution in [2.24, 2.45) is 0 Å². The van der Waals surface area contributed by atoms with Crippen LogP contribution in [0.25, 0.3) is 0 Å². The first kappa shape index (κ1) is 17.6. The predicted octanol–water partition coefficient (Wildman–Crippen LogP) is 2.50. The highest BCUT2D eigenvalue weighted by molar-refractivity contribution is 7.99. The number of hydrogen-bond donors (Lipinski definition) is 0. The maximum atomic E-state index is 14.0. The smallest absolute Gasteiger partial charge is 0.250 e. The van der Waals surface area contributed by atoms with Gasteiger partial charge in [-0.2, -0.15) is 0 Å². The Bertz CT molecular complexity index is 609. The number of methoxy groups -OCH3 is 1. The van der Waals surface area contributed by atoms with Crippen molar-refractivity contribution in [3.8, 4) is 5.75 Å². The van der Waals surface area contributed by atoms with Gasteiger partial charge in [-0.3, -0.25) is 9.59 Å². The summed E-state index contributed by atoms with van der Waals surface area (Å²) in [7, 11) is 1.39. The van der Waals surface area contributed by atoms with Crippen LogP contribution in [-0.4, -0.2) is 47.5 Å². The molecule has 1 atom stereocenters. The average molecular weight is 340 g/mol. The summed E-state index contributed by atoms with van der Waals surface area (Å²) in [4.78, 5) is 27.7. The topological polar surface area (TPSA) is 49.9 Å². The molecule has 2 rings (SSSR count). The van der Waals surface area contributed by atoms with Gasteiger partial charge in [0.2, 0.25) is 5.91 Å². The van der Waals surface area contributed by atoms with Gasteiger partial charge in [-0.1, -0.05) is 0 Å². The van der Waals surface area contributed by atoms with Crippen LogP contribution in [0.5, 0.6) is 5.75 Å². The number of amides is 2. The van der Waals surface area contributed by atoms with Crippen LogP contribution in [0.4, 0.5) is 10.1 Å². The van der Waals surface area contributed by atoms with Crippen molar-refractivity contribution in [1.29, 1.82) is 0 Å². The quantitative estimate of drug-likeness (QED) is 0.845. The molecule has 1 aliphatic rings. The van der Waals surface area contributed by atoms with Crippen LogP contribution >= 0.6 is 11.8 Å². The van der Waals surface area contributed by atoms with Gasteiger partial charge in [0.1, 0.15) is 6.04 Å². The molecule has 0 saturated carbocycles. The van der Waals surface area contributed by atoms with E-state index in [2.05, 4.69) is 0 Å². The Morgan fingerprint density at radius 1 is 1.43 bits per heavy atom. The molecule has 1 aromatic carbocycles. The molecule has 23 heavy (non-hydrogen) atoms. The minimum absolute atomic E-state index is 0.127. The summed E-state index contributed by atoms with van der Waals surface area (Å²) in [6.07, 6.45) is 0. The van der Waals surface area contributed by atoms with Crippen molar-refractivity contribution in [2.45, 2.75) is 32.9 Å². The summed E-state index contributed by atoms with van der Waals surface area (Å²) in [6, 6.07) is 3.77. The fraction of sp³-hybridized carbons (Fsp3) is 0.500. The molecule has 5 nitrogen and oxygen atoms in total. The lowest BCUT2D eigenvalue weighted by molar-refractivity contribution is -0.135. The van der Waals surface area contributed by atoms with Crippen LogP contribution in [0.2, 0.25) is 0 Å². The van der Waals surface area contributed by atoms with Gasteiger partial charge in [0.05, 0.1) is 13.0 Å². The Morgan fingerprint density at radius 3 is 2.65 bits per heavy atom. The molecule has 1 heterocycles. The van der Waals surface area contributed by atoms with E-state index in [1.54, 1.807) is 22.7 Å². The number of anilines is 1. The van der Waals surface area contributed by atoms with Gasteiger partial charge in [-0.05, 0) is 26.0 Å². The van der Waals surface area contributed by atoms with Gasteiger partial charge in [0.25, 0.3) is 5.91 Å². The van der Waals surface area contributed by atoms with Crippen LogP contribution in [0.15, 0.2) is 18.2 Å². The molecule has 1 fully saturated rings. The summed E-state index contributed by atoms with van der Waals surface area (Å²) in [6.45, 7) is 5.18. The highest BCUT2D eigenvalue weighted by atomic mass is 32.2. The van der Waals surface area contributed by atoms with E-state index in [9.17, 15) is 14.0 Å². The molecule has 7 heteroatoms. The van der Waals surface area contributed by atoms with E-state index in [0.29, 0.717) is 17.3 Å². The van der Waals surface area contributed by atoms with Gasteiger partial charge < -0.3 is 14.5 Å². The summed E-state index contributed by atoms with van der Waals surface area (Å²) in [5.74, 6) is 0.358. The molecule has 0 aromatic heterocycles. The fourth-order valence-electron chi connectivity index (χ4n) is 2.60. The van der Waals surface area contributed by atoms with E-state index in [0.717, 1.165) is 0 Å². The normalized spacial score (nSPS) is 17.5. The summed E-state index contributed by atoms with van der Waals surface area (Å²) >= 11 is 1.54. The highest BCUT2D eigenvalue weighted by Gasteiger charge is 2.37. The SMILES string of the molecule is COc1ccc(N(C(=O)[C@@H]2CSCN2C(C)=O)C(C)C)cc1F. The van der Waals surface area contributed by atoms with Crippen molar-refractivity contribution in [1.82, 2.24) is 4.90 Å². The molecule has 1 saturated heterocycles. The predicted molar refractivity (Wildman–Crippen MR) is 89.2 cm³/mol. The number of nitrogens with zero attached hydrogens (tertiary/aromatic N) is 2. The van der Waals surface area contributed by atoms with E-state index >= 15 is 0 Å². The molecule has 0 spiro atoms. The van der Waals surface area contributed by atoms with Gasteiger partial charge in [-0.25, -0.2) is 4.39 Å². The number of carbonyl (C=O) groups excluding carboxylic acids is 2. The standard InChI is InChI=1S/C16H21FN2O3S/c1-10(2)19(12-5-6-15(22-4)13(17)7-12)16(21)14-8-23-9-18(14)11(3)20/h5-7,10,14H,8-9H2,1-4H3/t14-/m0/s1. The zero-order valence-corrected chi connectivity index (χ0v) is 14.5. The van der Waals surface area contributed by atoms with Gasteiger partial charge in [0, 0.05) is 30.5 Å². The molecule has 1 aromatic rings. The number of rotatable bonds is 4. The minimum Gasteiger partial charge on any atom is -0.494 e. The number of carbonyl (C=O) groups is 2. The first-order valence-corrected chi connectivity index (χ1v) is 8.53. The van der Waals surface area contributed by atoms with Crippen LogP contribution < -0.4 is 9.64 Å². The molecular weight excluding hydrogens is 319 g/mol. The highest BCUT2D eigenvalue weighted by Crippen LogP contribution is 2.29. The fourth-order valence-corrected chi connectivity index (χ4v) is 3.81. The molecule has 126 valence electrons. The van der Waals surface area contributed by atoms with Gasteiger partial charge >= 0.3 is 0 Å². The number of hydrogen-bond acceptors (Lipinski definition) is 4. The van der Waals surface area contributed by atoms with Crippen molar-refractivity contribution >= 4 is 29.3 Å². The second kappa shape index (κ2) is 7.21. The van der Waals surface area contributed by atoms with Crippen LogP contribution in [0, 0.1) is 5.82 Å². The Labute approximate surface area is 139 Å². The number of benzene rings is 1. The molecular formula is C16H21FN2O3S. The first-order chi connectivity index (χ1) is 10.9. The van der Waals surface area contributed by atoms with Gasteiger partial charge in [-0.15, -0.1) is 11.8 Å². The first-order valence-electron chi connectivity index (χ1n) is 7.38. The van der Waals surface area contributed by atoms with E-state index < -0.39 is 11.9 Å². The third-order valence-electron chi connectivity index (χ3n) is 3.74. The molecule has 0 radical (unpaired) electrons. The lowest BCUT2D eigenvalue weighted by Crippen LogP contribution is -2.50. The number of thioether (sulfide) groups is 1. The monoisotopic (exact) mass is 340 g/mol. The van der Waals surface area contributed by atoms with E-state index in [4.69, 9.17) is 4.74 Å². The Morgan fingerprint density at radius 2 is 2.13 bits per heavy atom. The van der Waals surface area contributed by atoms with Crippen LogP contribution in [0.3, 0.4) is 0 Å². The summed E-state index contributed by atoms with van der Waals surface area (Å²) in [5, 5.41) is 0. The second-order valence-electron chi connectivity index (χ2n) is 5.63. The molecule has 2 amide bonds. The lowest BCUT2D eigenvalue weighted by atomic mass is 10.1. The number of ether oxygens (including phenoxy) is 1. The third kappa shape index (κ3) is 3.60. The largest absolute Gasteiger partial charge is 0.494 e. The minimum atomic E-state index is -0.521. The van der Waals surface area contributed by atoms with Crippen LogP contribution in [0.1, 0.15) is 20.8 Å². The third-order valence-corrected chi connectivity index (χ3v) is 4.75. The van der Waals surface area contributed by atoms with Crippen molar-refractivity contribution in [3.05, 3.63) is 24.0 Å². The van der Waals surface area contributed by atoms with Gasteiger partial charge in [0.15, 0.2) is 11.6 Å². The zero-order valence-electron chi connectivity index (χ0n) is 13.7. The average Bonchev–Trinajstić information content (AvgIpc) is 2.96. The van der Waals surface area contributed by atoms with E-state index in [1.165, 1.54) is 31.1 Å². The molecule has 0 unspecified atom stereocenters. The molecule has 0 aliphatic carbocycles. The van der Waals surface area contributed by atoms with E-state index in [1.807, 2.05) is 13.8 Å². The number of halogens is 1. The maximum absolute atomic E-state index is 14.0. The summed E-state index contributed by atoms with van der Waals surface area (Å²) < 4.78 is 18.9.